The van der Waals surface area contributed by atoms with Gasteiger partial charge in [0, 0.05) is 29.2 Å². The van der Waals surface area contributed by atoms with E-state index >= 15 is 0 Å². The summed E-state index contributed by atoms with van der Waals surface area (Å²) < 4.78 is 0.914. The summed E-state index contributed by atoms with van der Waals surface area (Å²) in [6, 6.07) is 5.97. The number of halogens is 1. The number of piperidine rings is 1. The number of nitrogens with zero attached hydrogens (tertiary/aromatic N) is 1. The van der Waals surface area contributed by atoms with Gasteiger partial charge in [0.2, 0.25) is 5.91 Å². The zero-order chi connectivity index (χ0) is 14.0. The Morgan fingerprint density at radius 1 is 1.47 bits per heavy atom. The van der Waals surface area contributed by atoms with Gasteiger partial charge in [0.1, 0.15) is 0 Å². The predicted octanol–water partition coefficient (Wildman–Crippen LogP) is 2.20. The molecule has 1 saturated heterocycles. The van der Waals surface area contributed by atoms with Gasteiger partial charge < -0.3 is 15.7 Å². The van der Waals surface area contributed by atoms with Crippen LogP contribution < -0.4 is 10.6 Å². The van der Waals surface area contributed by atoms with Crippen LogP contribution in [-0.4, -0.2) is 24.1 Å². The first-order valence-corrected chi connectivity index (χ1v) is 7.30. The van der Waals surface area contributed by atoms with Crippen LogP contribution in [0.3, 0.4) is 0 Å². The van der Waals surface area contributed by atoms with Gasteiger partial charge in [-0.2, -0.15) is 0 Å². The molecule has 104 valence electrons. The van der Waals surface area contributed by atoms with E-state index in [2.05, 4.69) is 20.8 Å². The Labute approximate surface area is 121 Å². The first-order chi connectivity index (χ1) is 8.99. The fraction of sp³-hybridized carbons (Fsp3) is 0.500. The molecule has 0 saturated carbocycles. The van der Waals surface area contributed by atoms with Crippen molar-refractivity contribution < 1.29 is 9.90 Å². The summed E-state index contributed by atoms with van der Waals surface area (Å²) in [5.41, 5.74) is 7.33. The second-order valence-electron chi connectivity index (χ2n) is 5.05. The van der Waals surface area contributed by atoms with Crippen LogP contribution in [0.4, 0.5) is 5.69 Å². The molecule has 0 spiro atoms. The number of hydrogen-bond acceptors (Lipinski definition) is 3. The lowest BCUT2D eigenvalue weighted by Gasteiger charge is -2.32. The molecule has 19 heavy (non-hydrogen) atoms. The van der Waals surface area contributed by atoms with E-state index in [0.717, 1.165) is 41.7 Å². The highest BCUT2D eigenvalue weighted by Crippen LogP contribution is 2.30. The monoisotopic (exact) mass is 326 g/mol. The SMILES string of the molecule is CC(O)c1ccc(N2CCC(C(N)=O)CC2)cc1Br. The topological polar surface area (TPSA) is 66.6 Å². The van der Waals surface area contributed by atoms with Gasteiger partial charge in [0.15, 0.2) is 0 Å². The predicted molar refractivity (Wildman–Crippen MR) is 78.9 cm³/mol. The van der Waals surface area contributed by atoms with E-state index < -0.39 is 6.10 Å². The fourth-order valence-corrected chi connectivity index (χ4v) is 3.17. The van der Waals surface area contributed by atoms with Gasteiger partial charge in [0.25, 0.3) is 0 Å². The molecule has 1 unspecified atom stereocenters. The Morgan fingerprint density at radius 2 is 2.11 bits per heavy atom. The summed E-state index contributed by atoms with van der Waals surface area (Å²) >= 11 is 3.49. The Morgan fingerprint density at radius 3 is 2.58 bits per heavy atom. The van der Waals surface area contributed by atoms with Crippen molar-refractivity contribution in [3.63, 3.8) is 0 Å². The van der Waals surface area contributed by atoms with Crippen molar-refractivity contribution in [3.8, 4) is 0 Å². The van der Waals surface area contributed by atoms with Crippen molar-refractivity contribution >= 4 is 27.5 Å². The lowest BCUT2D eigenvalue weighted by atomic mass is 9.96. The third-order valence-corrected chi connectivity index (χ3v) is 4.38. The van der Waals surface area contributed by atoms with Crippen LogP contribution in [0.15, 0.2) is 22.7 Å². The minimum absolute atomic E-state index is 0.0106. The molecule has 1 aliphatic rings. The number of primary amides is 1. The summed E-state index contributed by atoms with van der Waals surface area (Å²) in [6.45, 7) is 3.43. The highest BCUT2D eigenvalue weighted by molar-refractivity contribution is 9.10. The Bertz CT molecular complexity index is 469. The van der Waals surface area contributed by atoms with Gasteiger partial charge in [-0.15, -0.1) is 0 Å². The van der Waals surface area contributed by atoms with E-state index in [9.17, 15) is 9.90 Å². The van der Waals surface area contributed by atoms with E-state index in [1.54, 1.807) is 6.92 Å². The van der Waals surface area contributed by atoms with Crippen LogP contribution in [0.2, 0.25) is 0 Å². The summed E-state index contributed by atoms with van der Waals surface area (Å²) in [5, 5.41) is 9.61. The number of carbonyl (C=O) groups excluding carboxylic acids is 1. The number of anilines is 1. The van der Waals surface area contributed by atoms with Gasteiger partial charge in [-0.1, -0.05) is 22.0 Å². The molecule has 5 heteroatoms. The largest absolute Gasteiger partial charge is 0.389 e. The lowest BCUT2D eigenvalue weighted by molar-refractivity contribution is -0.122. The van der Waals surface area contributed by atoms with Gasteiger partial charge >= 0.3 is 0 Å². The standard InChI is InChI=1S/C14H19BrN2O2/c1-9(18)12-3-2-11(8-13(12)15)17-6-4-10(5-7-17)14(16)19/h2-3,8-10,18H,4-7H2,1H3,(H2,16,19). The fourth-order valence-electron chi connectivity index (χ4n) is 2.47. The van der Waals surface area contributed by atoms with Crippen LogP contribution in [0, 0.1) is 5.92 Å². The van der Waals surface area contributed by atoms with Crippen molar-refractivity contribution in [2.45, 2.75) is 25.9 Å². The smallest absolute Gasteiger partial charge is 0.220 e. The lowest BCUT2D eigenvalue weighted by Crippen LogP contribution is -2.38. The summed E-state index contributed by atoms with van der Waals surface area (Å²) in [4.78, 5) is 13.4. The van der Waals surface area contributed by atoms with Crippen molar-refractivity contribution in [2.75, 3.05) is 18.0 Å². The minimum atomic E-state index is -0.482. The molecule has 4 nitrogen and oxygen atoms in total. The van der Waals surface area contributed by atoms with E-state index in [1.165, 1.54) is 0 Å². The number of hydrogen-bond donors (Lipinski definition) is 2. The first kappa shape index (κ1) is 14.3. The number of aliphatic hydroxyl groups excluding tert-OH is 1. The maximum absolute atomic E-state index is 11.1. The Hall–Kier alpha value is -1.07. The second kappa shape index (κ2) is 5.92. The van der Waals surface area contributed by atoms with Crippen LogP contribution in [-0.2, 0) is 4.79 Å². The summed E-state index contributed by atoms with van der Waals surface area (Å²) in [6.07, 6.45) is 1.14. The molecule has 1 aromatic rings. The average Bonchev–Trinajstić information content (AvgIpc) is 2.38. The molecule has 3 N–H and O–H groups in total. The average molecular weight is 327 g/mol. The number of carbonyl (C=O) groups is 1. The molecule has 1 heterocycles. The number of amides is 1. The van der Waals surface area contributed by atoms with Crippen LogP contribution >= 0.6 is 15.9 Å². The molecule has 0 aromatic heterocycles. The van der Waals surface area contributed by atoms with Crippen molar-refractivity contribution in [3.05, 3.63) is 28.2 Å². The van der Waals surface area contributed by atoms with E-state index in [4.69, 9.17) is 5.73 Å². The van der Waals surface area contributed by atoms with E-state index in [0.29, 0.717) is 0 Å². The van der Waals surface area contributed by atoms with Gasteiger partial charge in [0.05, 0.1) is 6.10 Å². The Balaban J connectivity index is 2.08. The van der Waals surface area contributed by atoms with Gasteiger partial charge in [-0.3, -0.25) is 4.79 Å². The molecule has 0 bridgehead atoms. The maximum Gasteiger partial charge on any atom is 0.220 e. The van der Waals surface area contributed by atoms with E-state index in [1.807, 2.05) is 18.2 Å². The highest BCUT2D eigenvalue weighted by Gasteiger charge is 2.23. The van der Waals surface area contributed by atoms with Crippen molar-refractivity contribution in [2.24, 2.45) is 11.7 Å². The summed E-state index contributed by atoms with van der Waals surface area (Å²) in [7, 11) is 0. The van der Waals surface area contributed by atoms with Crippen molar-refractivity contribution in [1.29, 1.82) is 0 Å². The van der Waals surface area contributed by atoms with Crippen molar-refractivity contribution in [1.82, 2.24) is 0 Å². The highest BCUT2D eigenvalue weighted by atomic mass is 79.9. The molecule has 1 amide bonds. The zero-order valence-electron chi connectivity index (χ0n) is 11.0. The quantitative estimate of drug-likeness (QED) is 0.894. The number of aliphatic hydroxyl groups is 1. The molecule has 0 aliphatic carbocycles. The molecular weight excluding hydrogens is 308 g/mol. The molecule has 1 fully saturated rings. The molecule has 0 radical (unpaired) electrons. The third-order valence-electron chi connectivity index (χ3n) is 3.70. The maximum atomic E-state index is 11.1. The van der Waals surface area contributed by atoms with E-state index in [-0.39, 0.29) is 11.8 Å². The number of nitrogens with two attached hydrogens (primary N) is 1. The normalized spacial score (nSPS) is 18.4. The molecule has 1 aliphatic heterocycles. The van der Waals surface area contributed by atoms with Gasteiger partial charge in [-0.05, 0) is 37.5 Å². The molecule has 1 atom stereocenters. The molecular formula is C14H19BrN2O2. The minimum Gasteiger partial charge on any atom is -0.389 e. The van der Waals surface area contributed by atoms with Crippen LogP contribution in [0.1, 0.15) is 31.4 Å². The second-order valence-corrected chi connectivity index (χ2v) is 5.90. The number of rotatable bonds is 3. The molecule has 1 aromatic carbocycles. The number of benzene rings is 1. The van der Waals surface area contributed by atoms with Gasteiger partial charge in [-0.25, -0.2) is 0 Å². The summed E-state index contributed by atoms with van der Waals surface area (Å²) in [5.74, 6) is -0.179. The third kappa shape index (κ3) is 3.28. The zero-order valence-corrected chi connectivity index (χ0v) is 12.6. The molecule has 2 rings (SSSR count). The van der Waals surface area contributed by atoms with Crippen LogP contribution in [0.5, 0.6) is 0 Å². The Kier molecular flexibility index (Phi) is 4.47. The first-order valence-electron chi connectivity index (χ1n) is 6.51. The van der Waals surface area contributed by atoms with Crippen LogP contribution in [0.25, 0.3) is 0 Å².